The summed E-state index contributed by atoms with van der Waals surface area (Å²) in [5.74, 6) is 4.43. The Hall–Kier alpha value is -15.8. The first-order valence-electron chi connectivity index (χ1n) is 35.8. The highest BCUT2D eigenvalue weighted by molar-refractivity contribution is 6.12. The monoisotopic (exact) mass is 1400 g/mol. The number of hydrogen-bond acceptors (Lipinski definition) is 12. The molecule has 0 bridgehead atoms. The third-order valence-corrected chi connectivity index (χ3v) is 20.0. The molecule has 0 unspecified atom stereocenters. The first kappa shape index (κ1) is 65.0. The molecule has 0 spiro atoms. The van der Waals surface area contributed by atoms with Gasteiger partial charge in [-0.05, 0) is 137 Å². The van der Waals surface area contributed by atoms with E-state index in [1.54, 1.807) is 0 Å². The van der Waals surface area contributed by atoms with Crippen LogP contribution in [0.3, 0.4) is 0 Å². The third kappa shape index (κ3) is 12.0. The Kier molecular flexibility index (Phi) is 16.3. The molecule has 0 atom stereocenters. The molecule has 0 amide bonds. The van der Waals surface area contributed by atoms with Crippen molar-refractivity contribution >= 4 is 43.6 Å². The SMILES string of the molecule is N#Cc1ccc(-c2ccc(-c3nc(-c4ccc(-c5ccccc5C#N)cc4)nc(-c4ccc(-c5cccc(C#N)c5)cc4-n4c5ccccc5c5cc(-c6nc(-c7ccccc7)nc(-c7ccccc7)n6)ccc54)n3)c(-n3c4ccccc4c4cc(-c5nc(-c6ccccc6)nc(-c6ccccc6)n5)ccc43)c2)cc1. The fourth-order valence-corrected chi connectivity index (χ4v) is 14.7. The van der Waals surface area contributed by atoms with Gasteiger partial charge in [0, 0.05) is 71.6 Å². The molecule has 19 rings (SSSR count). The number of fused-ring (bicyclic) bond motifs is 6. The second-order valence-electron chi connectivity index (χ2n) is 26.6. The van der Waals surface area contributed by atoms with Crippen LogP contribution in [0.2, 0.25) is 0 Å². The zero-order valence-corrected chi connectivity index (χ0v) is 58.6. The van der Waals surface area contributed by atoms with Gasteiger partial charge >= 0.3 is 0 Å². The summed E-state index contributed by atoms with van der Waals surface area (Å²) in [6.45, 7) is 0. The van der Waals surface area contributed by atoms with Crippen LogP contribution in [-0.2, 0) is 0 Å². The van der Waals surface area contributed by atoms with Crippen molar-refractivity contribution < 1.29 is 0 Å². The van der Waals surface area contributed by atoms with E-state index >= 15 is 0 Å². The minimum absolute atomic E-state index is 0.377. The minimum Gasteiger partial charge on any atom is -0.308 e. The van der Waals surface area contributed by atoms with Gasteiger partial charge in [0.15, 0.2) is 52.4 Å². The quantitative estimate of drug-likeness (QED) is 0.1000. The molecular weight excluding hydrogens is 1350 g/mol. The van der Waals surface area contributed by atoms with Gasteiger partial charge in [0.25, 0.3) is 0 Å². The zero-order valence-electron chi connectivity index (χ0n) is 58.6. The van der Waals surface area contributed by atoms with Crippen molar-refractivity contribution in [3.05, 3.63) is 356 Å². The Morgan fingerprint density at radius 1 is 0.191 bits per heavy atom. The second-order valence-corrected chi connectivity index (χ2v) is 26.6. The Bertz CT molecular complexity index is 6860. The highest BCUT2D eigenvalue weighted by Gasteiger charge is 2.26. The van der Waals surface area contributed by atoms with E-state index in [9.17, 15) is 15.8 Å². The molecule has 5 heterocycles. The average molecular weight is 1410 g/mol. The highest BCUT2D eigenvalue weighted by Crippen LogP contribution is 2.44. The van der Waals surface area contributed by atoms with Crippen LogP contribution in [-0.4, -0.2) is 54.0 Å². The van der Waals surface area contributed by atoms with Crippen molar-refractivity contribution in [2.45, 2.75) is 0 Å². The predicted octanol–water partition coefficient (Wildman–Crippen LogP) is 22.1. The average Bonchev–Trinajstić information content (AvgIpc) is 1.59. The standard InChI is InChI=1S/C96H56N14/c97-57-60-36-38-62(39-37-60)70-44-48-78(86(55-70)109-82-34-17-15-32-76(82)80-53-72(46-50-84(80)109)93-102-88(64-21-5-1-6-22-64)100-89(103-93)65-23-7-2-8-24-65)95-106-92(68-42-40-63(41-43-68)75-31-14-13-29-74(75)59-99)107-96(108-95)79-49-45-71(69-30-19-20-61(52-69)58-98)56-87(79)110-83-35-18-16-33-77(83)81-54-73(47-51-85(81)110)94-104-90(66-25-9-3-10-26-66)101-91(105-94)67-27-11-4-12-28-67/h1-56H. The van der Waals surface area contributed by atoms with Crippen LogP contribution in [0.15, 0.2) is 340 Å². The fraction of sp³-hybridized carbons (Fsp3) is 0. The highest BCUT2D eigenvalue weighted by atomic mass is 15.1. The second kappa shape index (κ2) is 27.7. The maximum Gasteiger partial charge on any atom is 0.166 e. The molecule has 19 aromatic rings. The maximum atomic E-state index is 10.3. The number of para-hydroxylation sites is 2. The molecular formula is C96H56N14. The number of nitrogens with zero attached hydrogens (tertiary/aromatic N) is 14. The van der Waals surface area contributed by atoms with Crippen molar-refractivity contribution in [2.75, 3.05) is 0 Å². The first-order valence-corrected chi connectivity index (χ1v) is 35.8. The summed E-state index contributed by atoms with van der Waals surface area (Å²) in [4.78, 5) is 47.6. The van der Waals surface area contributed by atoms with Crippen molar-refractivity contribution in [3.8, 4) is 165 Å². The third-order valence-electron chi connectivity index (χ3n) is 20.0. The first-order chi connectivity index (χ1) is 54.3. The Balaban J connectivity index is 0.846. The Labute approximate surface area is 631 Å². The van der Waals surface area contributed by atoms with Crippen LogP contribution in [0, 0.1) is 34.0 Å². The fourth-order valence-electron chi connectivity index (χ4n) is 14.7. The van der Waals surface area contributed by atoms with Gasteiger partial charge in [0.1, 0.15) is 0 Å². The van der Waals surface area contributed by atoms with Crippen molar-refractivity contribution in [1.29, 1.82) is 15.8 Å². The van der Waals surface area contributed by atoms with Gasteiger partial charge < -0.3 is 9.13 Å². The molecule has 110 heavy (non-hydrogen) atoms. The summed E-state index contributed by atoms with van der Waals surface area (Å²) in [6, 6.07) is 120. The van der Waals surface area contributed by atoms with Gasteiger partial charge in [-0.1, -0.05) is 237 Å². The summed E-state index contributed by atoms with van der Waals surface area (Å²) in [5, 5.41) is 34.5. The van der Waals surface area contributed by atoms with Gasteiger partial charge in [-0.3, -0.25) is 0 Å². The van der Waals surface area contributed by atoms with E-state index in [0.29, 0.717) is 85.8 Å². The van der Waals surface area contributed by atoms with Gasteiger partial charge in [-0.2, -0.15) is 15.8 Å². The maximum absolute atomic E-state index is 10.3. The van der Waals surface area contributed by atoms with E-state index < -0.39 is 0 Å². The van der Waals surface area contributed by atoms with Gasteiger partial charge in [0.2, 0.25) is 0 Å². The summed E-state index contributed by atoms with van der Waals surface area (Å²) in [7, 11) is 0. The molecule has 14 aromatic carbocycles. The molecule has 0 N–H and O–H groups in total. The molecule has 0 radical (unpaired) electrons. The summed E-state index contributed by atoms with van der Waals surface area (Å²) in [5.41, 5.74) is 19.1. The Morgan fingerprint density at radius 3 is 0.973 bits per heavy atom. The zero-order chi connectivity index (χ0) is 73.6. The molecule has 510 valence electrons. The van der Waals surface area contributed by atoms with Crippen LogP contribution in [0.25, 0.3) is 191 Å². The van der Waals surface area contributed by atoms with Gasteiger partial charge in [0.05, 0.1) is 68.3 Å². The lowest BCUT2D eigenvalue weighted by Gasteiger charge is -2.18. The van der Waals surface area contributed by atoms with E-state index in [4.69, 9.17) is 44.9 Å². The van der Waals surface area contributed by atoms with Crippen LogP contribution in [0.4, 0.5) is 0 Å². The molecule has 5 aromatic heterocycles. The molecule has 0 aliphatic carbocycles. The molecule has 14 heteroatoms. The van der Waals surface area contributed by atoms with Gasteiger partial charge in [-0.25, -0.2) is 44.9 Å². The molecule has 0 aliphatic heterocycles. The van der Waals surface area contributed by atoms with Crippen LogP contribution in [0.5, 0.6) is 0 Å². The van der Waals surface area contributed by atoms with Gasteiger partial charge in [-0.15, -0.1) is 0 Å². The lowest BCUT2D eigenvalue weighted by molar-refractivity contribution is 1.06. The number of nitriles is 3. The summed E-state index contributed by atoms with van der Waals surface area (Å²) < 4.78 is 4.56. The Morgan fingerprint density at radius 2 is 0.518 bits per heavy atom. The normalized spacial score (nSPS) is 11.2. The van der Waals surface area contributed by atoms with Crippen molar-refractivity contribution in [2.24, 2.45) is 0 Å². The van der Waals surface area contributed by atoms with E-state index in [0.717, 1.165) is 122 Å². The number of benzene rings is 14. The topological polar surface area (TPSA) is 197 Å². The van der Waals surface area contributed by atoms with E-state index in [-0.39, 0.29) is 0 Å². The molecule has 0 aliphatic rings. The van der Waals surface area contributed by atoms with Crippen LogP contribution in [0.1, 0.15) is 16.7 Å². The molecule has 0 saturated carbocycles. The minimum atomic E-state index is 0.377. The van der Waals surface area contributed by atoms with E-state index in [2.05, 4.69) is 149 Å². The predicted molar refractivity (Wildman–Crippen MR) is 435 cm³/mol. The van der Waals surface area contributed by atoms with Crippen LogP contribution < -0.4 is 0 Å². The lowest BCUT2D eigenvalue weighted by atomic mass is 9.98. The molecule has 0 saturated heterocycles. The largest absolute Gasteiger partial charge is 0.308 e. The number of rotatable bonds is 14. The van der Waals surface area contributed by atoms with Crippen molar-refractivity contribution in [3.63, 3.8) is 0 Å². The molecule has 0 fully saturated rings. The van der Waals surface area contributed by atoms with Crippen molar-refractivity contribution in [1.82, 2.24) is 54.0 Å². The van der Waals surface area contributed by atoms with E-state index in [1.807, 2.05) is 218 Å². The summed E-state index contributed by atoms with van der Waals surface area (Å²) in [6.07, 6.45) is 0. The molecule has 14 nitrogen and oxygen atoms in total. The lowest BCUT2D eigenvalue weighted by Crippen LogP contribution is -2.06. The van der Waals surface area contributed by atoms with E-state index in [1.165, 1.54) is 0 Å². The summed E-state index contributed by atoms with van der Waals surface area (Å²) >= 11 is 0. The number of hydrogen-bond donors (Lipinski definition) is 0. The van der Waals surface area contributed by atoms with Crippen LogP contribution >= 0.6 is 0 Å². The number of aromatic nitrogens is 11. The smallest absolute Gasteiger partial charge is 0.166 e.